The molecule has 0 saturated carbocycles. The highest BCUT2D eigenvalue weighted by molar-refractivity contribution is 7.99. The van der Waals surface area contributed by atoms with Crippen molar-refractivity contribution in [1.29, 1.82) is 0 Å². The third kappa shape index (κ3) is 0.939. The molecule has 2 heterocycles. The Morgan fingerprint density at radius 1 is 1.73 bits per heavy atom. The van der Waals surface area contributed by atoms with Crippen LogP contribution in [-0.4, -0.2) is 21.8 Å². The second-order valence-corrected chi connectivity index (χ2v) is 3.55. The topological polar surface area (TPSA) is 53.1 Å². The SMILES string of the molecule is O=C(O)c1[nH]cc2c1CCS2. The summed E-state index contributed by atoms with van der Waals surface area (Å²) < 4.78 is 0. The number of carbonyl (C=O) groups is 1. The Morgan fingerprint density at radius 3 is 3.27 bits per heavy atom. The molecule has 3 nitrogen and oxygen atoms in total. The Labute approximate surface area is 67.8 Å². The van der Waals surface area contributed by atoms with Crippen LogP contribution in [0, 0.1) is 0 Å². The van der Waals surface area contributed by atoms with Gasteiger partial charge in [-0.25, -0.2) is 4.79 Å². The summed E-state index contributed by atoms with van der Waals surface area (Å²) in [7, 11) is 0. The van der Waals surface area contributed by atoms with Crippen molar-refractivity contribution in [3.8, 4) is 0 Å². The van der Waals surface area contributed by atoms with Gasteiger partial charge >= 0.3 is 5.97 Å². The number of carboxylic acid groups (broad SMARTS) is 1. The Balaban J connectivity index is 2.50. The van der Waals surface area contributed by atoms with Gasteiger partial charge in [0, 0.05) is 16.8 Å². The molecule has 2 rings (SSSR count). The number of rotatable bonds is 1. The maximum atomic E-state index is 10.6. The van der Waals surface area contributed by atoms with Crippen molar-refractivity contribution in [2.45, 2.75) is 11.3 Å². The van der Waals surface area contributed by atoms with Gasteiger partial charge < -0.3 is 10.1 Å². The zero-order valence-electron chi connectivity index (χ0n) is 5.76. The van der Waals surface area contributed by atoms with Crippen molar-refractivity contribution in [3.63, 3.8) is 0 Å². The highest BCUT2D eigenvalue weighted by atomic mass is 32.2. The van der Waals surface area contributed by atoms with Gasteiger partial charge in [0.25, 0.3) is 0 Å². The molecule has 0 aromatic carbocycles. The van der Waals surface area contributed by atoms with Gasteiger partial charge in [-0.2, -0.15) is 0 Å². The number of hydrogen-bond acceptors (Lipinski definition) is 2. The van der Waals surface area contributed by atoms with Gasteiger partial charge in [-0.3, -0.25) is 0 Å². The van der Waals surface area contributed by atoms with Crippen molar-refractivity contribution in [2.75, 3.05) is 5.75 Å². The Morgan fingerprint density at radius 2 is 2.55 bits per heavy atom. The maximum absolute atomic E-state index is 10.6. The molecule has 1 aliphatic heterocycles. The van der Waals surface area contributed by atoms with Crippen LogP contribution >= 0.6 is 11.8 Å². The van der Waals surface area contributed by atoms with E-state index in [4.69, 9.17) is 5.11 Å². The molecule has 2 N–H and O–H groups in total. The molecule has 0 saturated heterocycles. The number of H-pyrrole nitrogens is 1. The molecule has 58 valence electrons. The van der Waals surface area contributed by atoms with Gasteiger partial charge in [-0.15, -0.1) is 11.8 Å². The smallest absolute Gasteiger partial charge is 0.352 e. The Hall–Kier alpha value is -0.900. The van der Waals surface area contributed by atoms with Crippen LogP contribution in [-0.2, 0) is 6.42 Å². The van der Waals surface area contributed by atoms with Crippen LogP contribution in [0.5, 0.6) is 0 Å². The minimum atomic E-state index is -0.853. The van der Waals surface area contributed by atoms with Crippen LogP contribution in [0.2, 0.25) is 0 Å². The summed E-state index contributed by atoms with van der Waals surface area (Å²) in [6, 6.07) is 0. The van der Waals surface area contributed by atoms with Crippen LogP contribution in [0.15, 0.2) is 11.1 Å². The molecule has 0 radical (unpaired) electrons. The van der Waals surface area contributed by atoms with Gasteiger partial charge in [0.05, 0.1) is 0 Å². The standard InChI is InChI=1S/C7H7NO2S/c9-7(10)6-4-1-2-11-5(4)3-8-6/h3,8H,1-2H2,(H,9,10). The largest absolute Gasteiger partial charge is 0.477 e. The van der Waals surface area contributed by atoms with E-state index in [0.29, 0.717) is 5.69 Å². The van der Waals surface area contributed by atoms with Gasteiger partial charge in [0.1, 0.15) is 5.69 Å². The third-order valence-electron chi connectivity index (χ3n) is 1.77. The average Bonchev–Trinajstić information content (AvgIpc) is 2.41. The van der Waals surface area contributed by atoms with Crippen molar-refractivity contribution in [3.05, 3.63) is 17.5 Å². The average molecular weight is 169 g/mol. The van der Waals surface area contributed by atoms with E-state index < -0.39 is 5.97 Å². The summed E-state index contributed by atoms with van der Waals surface area (Å²) in [6.07, 6.45) is 2.65. The van der Waals surface area contributed by atoms with Gasteiger partial charge in [-0.05, 0) is 12.0 Å². The predicted molar refractivity (Wildman–Crippen MR) is 42.2 cm³/mol. The van der Waals surface area contributed by atoms with Crippen LogP contribution < -0.4 is 0 Å². The molecular weight excluding hydrogens is 162 g/mol. The number of hydrogen-bond donors (Lipinski definition) is 2. The molecular formula is C7H7NO2S. The van der Waals surface area contributed by atoms with Crippen LogP contribution in [0.4, 0.5) is 0 Å². The van der Waals surface area contributed by atoms with Gasteiger partial charge in [0.2, 0.25) is 0 Å². The zero-order valence-corrected chi connectivity index (χ0v) is 6.57. The Bertz CT molecular complexity index is 305. The van der Waals surface area contributed by atoms with Crippen molar-refractivity contribution >= 4 is 17.7 Å². The van der Waals surface area contributed by atoms with Gasteiger partial charge in [-0.1, -0.05) is 0 Å². The molecule has 0 unspecified atom stereocenters. The number of nitrogens with one attached hydrogen (secondary N) is 1. The molecule has 0 aliphatic carbocycles. The Kier molecular flexibility index (Phi) is 1.42. The number of fused-ring (bicyclic) bond motifs is 1. The van der Waals surface area contributed by atoms with E-state index in [0.717, 1.165) is 22.6 Å². The monoisotopic (exact) mass is 169 g/mol. The lowest BCUT2D eigenvalue weighted by molar-refractivity contribution is 0.0690. The van der Waals surface area contributed by atoms with E-state index in [2.05, 4.69) is 4.98 Å². The molecule has 4 heteroatoms. The molecule has 0 bridgehead atoms. The number of aromatic carboxylic acids is 1. The van der Waals surface area contributed by atoms with Crippen molar-refractivity contribution in [1.82, 2.24) is 4.98 Å². The molecule has 1 aromatic heterocycles. The number of aromatic amines is 1. The van der Waals surface area contributed by atoms with Gasteiger partial charge in [0.15, 0.2) is 0 Å². The van der Waals surface area contributed by atoms with Crippen molar-refractivity contribution < 1.29 is 9.90 Å². The summed E-state index contributed by atoms with van der Waals surface area (Å²) in [5.74, 6) is 0.161. The van der Waals surface area contributed by atoms with Crippen LogP contribution in [0.3, 0.4) is 0 Å². The summed E-state index contributed by atoms with van der Waals surface area (Å²) in [6.45, 7) is 0. The summed E-state index contributed by atoms with van der Waals surface area (Å²) in [4.78, 5) is 14.4. The molecule has 0 fully saturated rings. The first-order valence-electron chi connectivity index (χ1n) is 3.35. The number of thioether (sulfide) groups is 1. The maximum Gasteiger partial charge on any atom is 0.352 e. The lowest BCUT2D eigenvalue weighted by Crippen LogP contribution is -2.00. The fourth-order valence-corrected chi connectivity index (χ4v) is 2.31. The zero-order chi connectivity index (χ0) is 7.84. The van der Waals surface area contributed by atoms with Crippen molar-refractivity contribution in [2.24, 2.45) is 0 Å². The molecule has 0 spiro atoms. The number of aromatic nitrogens is 1. The highest BCUT2D eigenvalue weighted by Gasteiger charge is 2.20. The van der Waals surface area contributed by atoms with E-state index >= 15 is 0 Å². The summed E-state index contributed by atoms with van der Waals surface area (Å²) in [5, 5.41) is 8.70. The van der Waals surface area contributed by atoms with E-state index in [1.807, 2.05) is 0 Å². The quantitative estimate of drug-likeness (QED) is 0.667. The molecule has 1 aliphatic rings. The fourth-order valence-electron chi connectivity index (χ4n) is 1.27. The minimum absolute atomic E-state index is 0.366. The first-order valence-corrected chi connectivity index (χ1v) is 4.34. The third-order valence-corrected chi connectivity index (χ3v) is 2.85. The normalized spacial score (nSPS) is 14.9. The number of carboxylic acids is 1. The van der Waals surface area contributed by atoms with E-state index in [1.165, 1.54) is 0 Å². The minimum Gasteiger partial charge on any atom is -0.477 e. The first kappa shape index (κ1) is 6.79. The lowest BCUT2D eigenvalue weighted by Gasteiger charge is -1.91. The van der Waals surface area contributed by atoms with Crippen LogP contribution in [0.25, 0.3) is 0 Å². The van der Waals surface area contributed by atoms with E-state index in [9.17, 15) is 4.79 Å². The van der Waals surface area contributed by atoms with Crippen LogP contribution in [0.1, 0.15) is 16.1 Å². The summed E-state index contributed by atoms with van der Waals surface area (Å²) in [5.41, 5.74) is 1.34. The molecule has 11 heavy (non-hydrogen) atoms. The lowest BCUT2D eigenvalue weighted by atomic mass is 10.2. The molecule has 0 amide bonds. The molecule has 1 aromatic rings. The van der Waals surface area contributed by atoms with E-state index in [-0.39, 0.29) is 0 Å². The highest BCUT2D eigenvalue weighted by Crippen LogP contribution is 2.33. The predicted octanol–water partition coefficient (Wildman–Crippen LogP) is 1.36. The van der Waals surface area contributed by atoms with E-state index in [1.54, 1.807) is 18.0 Å². The summed E-state index contributed by atoms with van der Waals surface area (Å²) >= 11 is 1.71. The first-order chi connectivity index (χ1) is 5.29. The fraction of sp³-hybridized carbons (Fsp3) is 0.286. The second kappa shape index (κ2) is 2.30. The second-order valence-electron chi connectivity index (χ2n) is 2.41. The molecule has 0 atom stereocenters.